The van der Waals surface area contributed by atoms with Gasteiger partial charge in [-0.2, -0.15) is 0 Å². The molecule has 0 saturated heterocycles. The second kappa shape index (κ2) is 6.62. The van der Waals surface area contributed by atoms with Crippen molar-refractivity contribution >= 4 is 11.9 Å². The Morgan fingerprint density at radius 2 is 1.72 bits per heavy atom. The summed E-state index contributed by atoms with van der Waals surface area (Å²) >= 11 is 0. The molecule has 4 atom stereocenters. The molecule has 2 fully saturated rings. The largest absolute Gasteiger partial charge is 0.550 e. The first-order valence-corrected chi connectivity index (χ1v) is 9.23. The van der Waals surface area contributed by atoms with Gasteiger partial charge in [-0.3, -0.25) is 9.78 Å². The van der Waals surface area contributed by atoms with Crippen LogP contribution in [-0.2, 0) is 16.1 Å². The van der Waals surface area contributed by atoms with E-state index in [4.69, 9.17) is 0 Å². The molecule has 0 N–H and O–H groups in total. The summed E-state index contributed by atoms with van der Waals surface area (Å²) < 4.78 is 0. The number of carboxylic acids is 1. The highest BCUT2D eigenvalue weighted by molar-refractivity contribution is 5.86. The van der Waals surface area contributed by atoms with E-state index in [0.29, 0.717) is 6.54 Å². The van der Waals surface area contributed by atoms with Gasteiger partial charge in [0.1, 0.15) is 0 Å². The molecule has 2 saturated carbocycles. The Morgan fingerprint density at radius 1 is 1.08 bits per heavy atom. The standard InChI is InChI=1S/C20H24N2O3/c23-19(17-14-5-6-15(11-14)18(17)20(24)25)22(16-3-1-2-4-16)12-13-7-9-21-10-8-13/h5-10,14-18H,1-4,11-12H2,(H,24,25)/p-1/t14-,15-,17+,18-/m1/s1. The lowest BCUT2D eigenvalue weighted by Crippen LogP contribution is -2.48. The molecule has 1 aromatic rings. The van der Waals surface area contributed by atoms with E-state index < -0.39 is 17.8 Å². The van der Waals surface area contributed by atoms with Crippen molar-refractivity contribution in [2.75, 3.05) is 0 Å². The second-order valence-electron chi connectivity index (χ2n) is 7.58. The number of aliphatic carboxylic acids is 1. The van der Waals surface area contributed by atoms with Crippen molar-refractivity contribution in [3.63, 3.8) is 0 Å². The lowest BCUT2D eigenvalue weighted by molar-refractivity contribution is -0.313. The van der Waals surface area contributed by atoms with E-state index in [-0.39, 0.29) is 23.8 Å². The molecular weight excluding hydrogens is 316 g/mol. The van der Waals surface area contributed by atoms with Crippen LogP contribution in [0.15, 0.2) is 36.7 Å². The highest BCUT2D eigenvalue weighted by Gasteiger charge is 2.50. The van der Waals surface area contributed by atoms with E-state index in [0.717, 1.165) is 37.7 Å². The summed E-state index contributed by atoms with van der Waals surface area (Å²) in [5, 5.41) is 11.7. The number of rotatable bonds is 5. The van der Waals surface area contributed by atoms with Crippen molar-refractivity contribution in [3.8, 4) is 0 Å². The Kier molecular flexibility index (Phi) is 4.32. The van der Waals surface area contributed by atoms with Gasteiger partial charge in [-0.25, -0.2) is 0 Å². The molecule has 25 heavy (non-hydrogen) atoms. The van der Waals surface area contributed by atoms with Crippen molar-refractivity contribution < 1.29 is 14.7 Å². The lowest BCUT2D eigenvalue weighted by Gasteiger charge is -2.36. The number of pyridine rings is 1. The van der Waals surface area contributed by atoms with Crippen LogP contribution in [0.25, 0.3) is 0 Å². The number of fused-ring (bicyclic) bond motifs is 2. The second-order valence-corrected chi connectivity index (χ2v) is 7.58. The van der Waals surface area contributed by atoms with Crippen molar-refractivity contribution in [1.29, 1.82) is 0 Å². The number of allylic oxidation sites excluding steroid dienone is 2. The Labute approximate surface area is 147 Å². The minimum Gasteiger partial charge on any atom is -0.550 e. The van der Waals surface area contributed by atoms with E-state index in [2.05, 4.69) is 4.98 Å². The quantitative estimate of drug-likeness (QED) is 0.763. The van der Waals surface area contributed by atoms with Crippen LogP contribution < -0.4 is 5.11 Å². The summed E-state index contributed by atoms with van der Waals surface area (Å²) in [6.07, 6.45) is 12.5. The fraction of sp³-hybridized carbons (Fsp3) is 0.550. The predicted molar refractivity (Wildman–Crippen MR) is 89.8 cm³/mol. The summed E-state index contributed by atoms with van der Waals surface area (Å²) in [6, 6.07) is 4.06. The molecule has 132 valence electrons. The Hall–Kier alpha value is -2.17. The molecule has 0 radical (unpaired) electrons. The van der Waals surface area contributed by atoms with Gasteiger partial charge in [-0.05, 0) is 48.8 Å². The SMILES string of the molecule is O=C([O-])[C@H]1[C@@H](C(=O)N(Cc2ccncc2)C2CCCC2)[C@@H]2C=C[C@@H]1C2. The highest BCUT2D eigenvalue weighted by atomic mass is 16.4. The van der Waals surface area contributed by atoms with E-state index in [1.807, 2.05) is 29.2 Å². The molecule has 0 spiro atoms. The van der Waals surface area contributed by atoms with Gasteiger partial charge in [0, 0.05) is 36.9 Å². The molecule has 3 aliphatic carbocycles. The van der Waals surface area contributed by atoms with Gasteiger partial charge >= 0.3 is 0 Å². The Balaban J connectivity index is 1.61. The third-order valence-corrected chi connectivity index (χ3v) is 6.17. The average molecular weight is 339 g/mol. The van der Waals surface area contributed by atoms with Crippen LogP contribution in [0.1, 0.15) is 37.7 Å². The van der Waals surface area contributed by atoms with Gasteiger partial charge in [0.05, 0.1) is 5.92 Å². The summed E-state index contributed by atoms with van der Waals surface area (Å²) in [4.78, 5) is 31.1. The molecule has 1 heterocycles. The molecule has 0 aliphatic heterocycles. The van der Waals surface area contributed by atoms with E-state index in [1.54, 1.807) is 12.4 Å². The third kappa shape index (κ3) is 2.96. The van der Waals surface area contributed by atoms with Crippen molar-refractivity contribution in [1.82, 2.24) is 9.88 Å². The molecular formula is C20H23N2O3-. The fourth-order valence-electron chi connectivity index (χ4n) is 4.96. The van der Waals surface area contributed by atoms with Crippen LogP contribution >= 0.6 is 0 Å². The fourth-order valence-corrected chi connectivity index (χ4v) is 4.96. The smallest absolute Gasteiger partial charge is 0.227 e. The van der Waals surface area contributed by atoms with Crippen LogP contribution in [0.2, 0.25) is 0 Å². The maximum absolute atomic E-state index is 13.4. The molecule has 0 unspecified atom stereocenters. The van der Waals surface area contributed by atoms with Gasteiger partial charge in [0.15, 0.2) is 0 Å². The number of carbonyl (C=O) groups excluding carboxylic acids is 2. The molecule has 1 amide bonds. The number of amides is 1. The van der Waals surface area contributed by atoms with Gasteiger partial charge in [-0.15, -0.1) is 0 Å². The maximum atomic E-state index is 13.4. The van der Waals surface area contributed by atoms with E-state index in [1.165, 1.54) is 0 Å². The minimum atomic E-state index is -1.08. The molecule has 4 rings (SSSR count). The van der Waals surface area contributed by atoms with Crippen molar-refractivity contribution in [3.05, 3.63) is 42.2 Å². The summed E-state index contributed by atoms with van der Waals surface area (Å²) in [7, 11) is 0. The van der Waals surface area contributed by atoms with Gasteiger partial charge < -0.3 is 14.8 Å². The number of aromatic nitrogens is 1. The van der Waals surface area contributed by atoms with Crippen molar-refractivity contribution in [2.45, 2.75) is 44.7 Å². The summed E-state index contributed by atoms with van der Waals surface area (Å²) in [5.41, 5.74) is 1.04. The summed E-state index contributed by atoms with van der Waals surface area (Å²) in [6.45, 7) is 0.531. The average Bonchev–Trinajstić information content (AvgIpc) is 3.36. The van der Waals surface area contributed by atoms with Crippen LogP contribution in [0, 0.1) is 23.7 Å². The zero-order valence-electron chi connectivity index (χ0n) is 14.2. The zero-order chi connectivity index (χ0) is 17.4. The normalized spacial score (nSPS) is 30.7. The van der Waals surface area contributed by atoms with E-state index >= 15 is 0 Å². The first kappa shape index (κ1) is 16.3. The number of carbonyl (C=O) groups is 2. The maximum Gasteiger partial charge on any atom is 0.227 e. The molecule has 0 aromatic carbocycles. The molecule has 5 nitrogen and oxygen atoms in total. The molecule has 5 heteroatoms. The van der Waals surface area contributed by atoms with Crippen LogP contribution in [0.5, 0.6) is 0 Å². The van der Waals surface area contributed by atoms with Crippen LogP contribution in [0.3, 0.4) is 0 Å². The lowest BCUT2D eigenvalue weighted by atomic mass is 9.81. The number of hydrogen-bond donors (Lipinski definition) is 0. The Bertz CT molecular complexity index is 681. The number of hydrogen-bond acceptors (Lipinski definition) is 4. The zero-order valence-corrected chi connectivity index (χ0v) is 14.2. The molecule has 3 aliphatic rings. The molecule has 2 bridgehead atoms. The van der Waals surface area contributed by atoms with Crippen LogP contribution in [0.4, 0.5) is 0 Å². The number of nitrogens with zero attached hydrogens (tertiary/aromatic N) is 2. The minimum absolute atomic E-state index is 0.00485. The van der Waals surface area contributed by atoms with E-state index in [9.17, 15) is 14.7 Å². The highest BCUT2D eigenvalue weighted by Crippen LogP contribution is 2.49. The van der Waals surface area contributed by atoms with Crippen LogP contribution in [-0.4, -0.2) is 27.8 Å². The van der Waals surface area contributed by atoms with Gasteiger partial charge in [-0.1, -0.05) is 25.0 Å². The summed E-state index contributed by atoms with van der Waals surface area (Å²) in [5.74, 6) is -2.23. The monoisotopic (exact) mass is 339 g/mol. The predicted octanol–water partition coefficient (Wildman–Crippen LogP) is 1.54. The molecule has 1 aromatic heterocycles. The third-order valence-electron chi connectivity index (χ3n) is 6.17. The Morgan fingerprint density at radius 3 is 2.36 bits per heavy atom. The van der Waals surface area contributed by atoms with Gasteiger partial charge in [0.25, 0.3) is 0 Å². The first-order chi connectivity index (χ1) is 12.1. The number of carboxylic acid groups (broad SMARTS) is 1. The van der Waals surface area contributed by atoms with Crippen molar-refractivity contribution in [2.24, 2.45) is 23.7 Å². The first-order valence-electron chi connectivity index (χ1n) is 9.23. The van der Waals surface area contributed by atoms with Gasteiger partial charge in [0.2, 0.25) is 5.91 Å². The topological polar surface area (TPSA) is 73.3 Å².